The summed E-state index contributed by atoms with van der Waals surface area (Å²) in [4.78, 5) is 12.8. The van der Waals surface area contributed by atoms with Crippen LogP contribution in [0.2, 0.25) is 0 Å². The minimum atomic E-state index is -0.531. The highest BCUT2D eigenvalue weighted by Gasteiger charge is 2.38. The van der Waals surface area contributed by atoms with Crippen LogP contribution >= 0.6 is 0 Å². The van der Waals surface area contributed by atoms with Crippen molar-refractivity contribution in [3.8, 4) is 0 Å². The van der Waals surface area contributed by atoms with E-state index in [2.05, 4.69) is 51.1 Å². The second kappa shape index (κ2) is 24.5. The summed E-state index contributed by atoms with van der Waals surface area (Å²) in [7, 11) is 0. The maximum absolute atomic E-state index is 12.8. The third-order valence-electron chi connectivity index (χ3n) is 8.97. The molecule has 0 aliphatic rings. The van der Waals surface area contributed by atoms with E-state index in [1.54, 1.807) is 0 Å². The normalized spacial score (nSPS) is 13.8. The van der Waals surface area contributed by atoms with Gasteiger partial charge >= 0.3 is 5.97 Å². The lowest BCUT2D eigenvalue weighted by atomic mass is 9.71. The van der Waals surface area contributed by atoms with Crippen LogP contribution in [0.1, 0.15) is 180 Å². The Morgan fingerprint density at radius 1 is 0.641 bits per heavy atom. The molecular formula is C37H66O2. The Morgan fingerprint density at radius 3 is 1.56 bits per heavy atom. The number of hydrogen-bond donors (Lipinski definition) is 1. The first-order chi connectivity index (χ1) is 19.0. The molecule has 0 spiro atoms. The molecule has 0 fully saturated rings. The topological polar surface area (TPSA) is 37.3 Å². The molecule has 0 saturated carbocycles. The number of aryl methyl sites for hydroxylation is 1. The van der Waals surface area contributed by atoms with Crippen molar-refractivity contribution in [2.24, 2.45) is 11.3 Å². The zero-order valence-corrected chi connectivity index (χ0v) is 26.5. The number of benzene rings is 1. The van der Waals surface area contributed by atoms with Gasteiger partial charge in [-0.2, -0.15) is 0 Å². The van der Waals surface area contributed by atoms with E-state index in [4.69, 9.17) is 0 Å². The third kappa shape index (κ3) is 18.6. The van der Waals surface area contributed by atoms with Gasteiger partial charge in [-0.15, -0.1) is 0 Å². The average Bonchev–Trinajstić information content (AvgIpc) is 2.93. The highest BCUT2D eigenvalue weighted by Crippen LogP contribution is 2.40. The molecule has 0 heterocycles. The van der Waals surface area contributed by atoms with Crippen molar-refractivity contribution >= 4 is 5.97 Å². The number of aliphatic carboxylic acids is 1. The lowest BCUT2D eigenvalue weighted by Crippen LogP contribution is -2.33. The number of hydrogen-bond acceptors (Lipinski definition) is 1. The summed E-state index contributed by atoms with van der Waals surface area (Å²) in [5.74, 6) is -0.0293. The minimum Gasteiger partial charge on any atom is -0.481 e. The van der Waals surface area contributed by atoms with E-state index in [0.29, 0.717) is 5.92 Å². The van der Waals surface area contributed by atoms with Gasteiger partial charge in [-0.25, -0.2) is 0 Å². The highest BCUT2D eigenvalue weighted by atomic mass is 16.4. The molecule has 2 nitrogen and oxygen atoms in total. The summed E-state index contributed by atoms with van der Waals surface area (Å²) in [5.41, 5.74) is 0.840. The second-order valence-electron chi connectivity index (χ2n) is 12.8. The van der Waals surface area contributed by atoms with E-state index in [9.17, 15) is 9.90 Å². The number of carbonyl (C=O) groups is 1. The second-order valence-corrected chi connectivity index (χ2v) is 12.8. The third-order valence-corrected chi connectivity index (χ3v) is 8.97. The van der Waals surface area contributed by atoms with Crippen LogP contribution in [0.15, 0.2) is 30.3 Å². The van der Waals surface area contributed by atoms with Crippen molar-refractivity contribution < 1.29 is 9.90 Å². The number of rotatable bonds is 28. The zero-order valence-electron chi connectivity index (χ0n) is 26.5. The molecule has 0 aromatic heterocycles. The van der Waals surface area contributed by atoms with Crippen LogP contribution in [0.4, 0.5) is 0 Å². The molecule has 0 aliphatic carbocycles. The molecule has 2 unspecified atom stereocenters. The van der Waals surface area contributed by atoms with Gasteiger partial charge in [-0.05, 0) is 43.6 Å². The molecule has 0 radical (unpaired) electrons. The summed E-state index contributed by atoms with van der Waals surface area (Å²) < 4.78 is 0. The molecule has 1 rings (SSSR count). The van der Waals surface area contributed by atoms with E-state index in [0.717, 1.165) is 44.9 Å². The fourth-order valence-corrected chi connectivity index (χ4v) is 6.41. The first-order valence-corrected chi connectivity index (χ1v) is 17.3. The smallest absolute Gasteiger partial charge is 0.309 e. The number of unbranched alkanes of at least 4 members (excludes halogenated alkanes) is 17. The summed E-state index contributed by atoms with van der Waals surface area (Å²) >= 11 is 0. The van der Waals surface area contributed by atoms with Gasteiger partial charge in [-0.1, -0.05) is 180 Å². The van der Waals surface area contributed by atoms with Gasteiger partial charge in [0.25, 0.3) is 0 Å². The lowest BCUT2D eigenvalue weighted by molar-refractivity contribution is -0.151. The van der Waals surface area contributed by atoms with Crippen molar-refractivity contribution in [3.05, 3.63) is 35.9 Å². The van der Waals surface area contributed by atoms with E-state index in [-0.39, 0.29) is 0 Å². The molecule has 1 aromatic rings. The summed E-state index contributed by atoms with van der Waals surface area (Å²) in [6, 6.07) is 10.7. The summed E-state index contributed by atoms with van der Waals surface area (Å²) in [5, 5.41) is 10.5. The zero-order chi connectivity index (χ0) is 28.4. The van der Waals surface area contributed by atoms with Gasteiger partial charge in [-0.3, -0.25) is 4.79 Å². The van der Waals surface area contributed by atoms with E-state index in [1.807, 2.05) is 0 Å². The van der Waals surface area contributed by atoms with Crippen molar-refractivity contribution in [2.75, 3.05) is 0 Å². The van der Waals surface area contributed by atoms with E-state index < -0.39 is 11.4 Å². The molecule has 2 atom stereocenters. The molecule has 1 aromatic carbocycles. The molecule has 0 bridgehead atoms. The van der Waals surface area contributed by atoms with E-state index >= 15 is 0 Å². The molecule has 0 saturated heterocycles. The van der Waals surface area contributed by atoms with Gasteiger partial charge in [0.2, 0.25) is 0 Å². The van der Waals surface area contributed by atoms with Crippen molar-refractivity contribution in [1.82, 2.24) is 0 Å². The van der Waals surface area contributed by atoms with Gasteiger partial charge in [0.15, 0.2) is 0 Å². The highest BCUT2D eigenvalue weighted by molar-refractivity contribution is 5.74. The Morgan fingerprint density at radius 2 is 1.08 bits per heavy atom. The fraction of sp³-hybridized carbons (Fsp3) is 0.811. The molecule has 0 aliphatic heterocycles. The Hall–Kier alpha value is -1.31. The monoisotopic (exact) mass is 543 g/mol. The van der Waals surface area contributed by atoms with Crippen LogP contribution in [0, 0.1) is 11.3 Å². The number of carboxylic acid groups (broad SMARTS) is 1. The Balaban J connectivity index is 2.48. The van der Waals surface area contributed by atoms with Gasteiger partial charge < -0.3 is 5.11 Å². The maximum atomic E-state index is 12.8. The molecule has 0 amide bonds. The Bertz CT molecular complexity index is 669. The molecule has 226 valence electrons. The van der Waals surface area contributed by atoms with Crippen molar-refractivity contribution in [2.45, 2.75) is 181 Å². The van der Waals surface area contributed by atoms with Gasteiger partial charge in [0, 0.05) is 0 Å². The maximum Gasteiger partial charge on any atom is 0.309 e. The minimum absolute atomic E-state index is 0.498. The fourth-order valence-electron chi connectivity index (χ4n) is 6.41. The Labute approximate surface area is 244 Å². The first kappa shape index (κ1) is 35.7. The largest absolute Gasteiger partial charge is 0.481 e. The first-order valence-electron chi connectivity index (χ1n) is 17.3. The van der Waals surface area contributed by atoms with Crippen molar-refractivity contribution in [3.63, 3.8) is 0 Å². The van der Waals surface area contributed by atoms with Crippen LogP contribution < -0.4 is 0 Å². The molecule has 2 heteroatoms. The van der Waals surface area contributed by atoms with Crippen LogP contribution in [0.5, 0.6) is 0 Å². The van der Waals surface area contributed by atoms with Crippen molar-refractivity contribution in [1.29, 1.82) is 0 Å². The standard InChI is InChI=1S/C37H66O2/c1-4-6-8-10-12-14-15-16-18-21-27-34(3)33-37(36(38)39,31-25-19-17-13-11-9-7-5-2)32-26-24-30-35-28-22-20-23-29-35/h20,22-23,28-29,34H,4-19,21,24-27,30-33H2,1-3H3,(H,38,39). The van der Waals surface area contributed by atoms with Crippen LogP contribution in [0.3, 0.4) is 0 Å². The van der Waals surface area contributed by atoms with E-state index in [1.165, 1.54) is 121 Å². The molecule has 1 N–H and O–H groups in total. The Kier molecular flexibility index (Phi) is 22.4. The molecular weight excluding hydrogens is 476 g/mol. The summed E-state index contributed by atoms with van der Waals surface area (Å²) in [6.07, 6.45) is 30.7. The van der Waals surface area contributed by atoms with Crippen LogP contribution in [0.25, 0.3) is 0 Å². The predicted octanol–water partition coefficient (Wildman–Crippen LogP) is 12.3. The van der Waals surface area contributed by atoms with Gasteiger partial charge in [0.05, 0.1) is 5.41 Å². The predicted molar refractivity (Wildman–Crippen MR) is 172 cm³/mol. The SMILES string of the molecule is CCCCCCCCCCCCC(C)CC(CCCCCCCCCC)(CCCCc1ccccc1)C(=O)O. The van der Waals surface area contributed by atoms with Gasteiger partial charge in [0.1, 0.15) is 0 Å². The lowest BCUT2D eigenvalue weighted by Gasteiger charge is -2.32. The van der Waals surface area contributed by atoms with Crippen LogP contribution in [-0.4, -0.2) is 11.1 Å². The summed E-state index contributed by atoms with van der Waals surface area (Å²) in [6.45, 7) is 6.87. The number of carboxylic acids is 1. The van der Waals surface area contributed by atoms with Crippen LogP contribution in [-0.2, 0) is 11.2 Å². The molecule has 39 heavy (non-hydrogen) atoms. The average molecular weight is 543 g/mol. The quantitative estimate of drug-likeness (QED) is 0.107.